The van der Waals surface area contributed by atoms with Crippen LogP contribution in [0.15, 0.2) is 51.8 Å². The van der Waals surface area contributed by atoms with Crippen molar-refractivity contribution < 1.29 is 17.6 Å². The molecular weight excluding hydrogens is 375 g/mol. The fourth-order valence-corrected chi connectivity index (χ4v) is 3.63. The largest absolute Gasteiger partial charge is 0.449 e. The van der Waals surface area contributed by atoms with E-state index in [4.69, 9.17) is 33.4 Å². The fourth-order valence-electron chi connectivity index (χ4n) is 2.16. The van der Waals surface area contributed by atoms with Crippen LogP contribution in [0, 0.1) is 0 Å². The summed E-state index contributed by atoms with van der Waals surface area (Å²) in [4.78, 5) is 11.5. The Hall–Kier alpha value is -2.22. The molecule has 1 aromatic heterocycles. The van der Waals surface area contributed by atoms with Gasteiger partial charge >= 0.3 is 0 Å². The number of hydrogen-bond acceptors (Lipinski definition) is 4. The zero-order valence-electron chi connectivity index (χ0n) is 11.9. The zero-order valence-corrected chi connectivity index (χ0v) is 14.2. The number of furan rings is 1. The third kappa shape index (κ3) is 2.93. The van der Waals surface area contributed by atoms with Gasteiger partial charge in [0.05, 0.1) is 14.9 Å². The van der Waals surface area contributed by atoms with Gasteiger partial charge in [-0.25, -0.2) is 8.42 Å². The van der Waals surface area contributed by atoms with Gasteiger partial charge in [0.15, 0.2) is 0 Å². The SMILES string of the molecule is NC(=O)c1oc2ccccc2c1NS(=O)(=O)c1ccc(Cl)c(Cl)c1. The Balaban J connectivity index is 2.13. The van der Waals surface area contributed by atoms with Crippen molar-refractivity contribution in [2.24, 2.45) is 5.73 Å². The number of fused-ring (bicyclic) bond motifs is 1. The van der Waals surface area contributed by atoms with Crippen molar-refractivity contribution in [2.45, 2.75) is 4.90 Å². The van der Waals surface area contributed by atoms with Gasteiger partial charge in [-0.2, -0.15) is 0 Å². The molecule has 9 heteroatoms. The predicted octanol–water partition coefficient (Wildman–Crippen LogP) is 3.64. The Morgan fingerprint density at radius 3 is 2.46 bits per heavy atom. The standard InChI is InChI=1S/C15H10Cl2N2O4S/c16-10-6-5-8(7-11(10)17)24(21,22)19-13-9-3-1-2-4-12(9)23-14(13)15(18)20/h1-7,19H,(H2,18,20). The number of nitrogens with two attached hydrogens (primary N) is 1. The second-order valence-corrected chi connectivity index (χ2v) is 7.34. The number of halogens is 2. The lowest BCUT2D eigenvalue weighted by Crippen LogP contribution is -2.17. The van der Waals surface area contributed by atoms with Gasteiger partial charge in [-0.1, -0.05) is 35.3 Å². The number of benzene rings is 2. The molecule has 124 valence electrons. The first-order valence-corrected chi connectivity index (χ1v) is 8.83. The first-order chi connectivity index (χ1) is 11.3. The maximum atomic E-state index is 12.6. The molecule has 24 heavy (non-hydrogen) atoms. The molecule has 1 amide bonds. The van der Waals surface area contributed by atoms with Crippen LogP contribution in [-0.2, 0) is 10.0 Å². The summed E-state index contributed by atoms with van der Waals surface area (Å²) >= 11 is 11.7. The van der Waals surface area contributed by atoms with Crippen molar-refractivity contribution in [3.8, 4) is 0 Å². The smallest absolute Gasteiger partial charge is 0.286 e. The van der Waals surface area contributed by atoms with Crippen LogP contribution in [0.25, 0.3) is 11.0 Å². The Morgan fingerprint density at radius 2 is 1.79 bits per heavy atom. The minimum absolute atomic E-state index is 0.0239. The molecule has 0 aliphatic rings. The van der Waals surface area contributed by atoms with Crippen molar-refractivity contribution in [2.75, 3.05) is 4.72 Å². The third-order valence-electron chi connectivity index (χ3n) is 3.26. The molecule has 1 heterocycles. The molecule has 6 nitrogen and oxygen atoms in total. The first kappa shape index (κ1) is 16.6. The van der Waals surface area contributed by atoms with E-state index in [0.29, 0.717) is 11.0 Å². The van der Waals surface area contributed by atoms with Gasteiger partial charge in [-0.05, 0) is 30.3 Å². The second kappa shape index (κ2) is 6.01. The van der Waals surface area contributed by atoms with Crippen molar-refractivity contribution >= 4 is 55.8 Å². The number of carbonyl (C=O) groups is 1. The Labute approximate surface area is 147 Å². The molecule has 3 N–H and O–H groups in total. The molecule has 0 radical (unpaired) electrons. The van der Waals surface area contributed by atoms with Gasteiger partial charge in [0.25, 0.3) is 15.9 Å². The van der Waals surface area contributed by atoms with Crippen LogP contribution in [0.2, 0.25) is 10.0 Å². The van der Waals surface area contributed by atoms with Crippen LogP contribution in [0.5, 0.6) is 0 Å². The number of anilines is 1. The second-order valence-electron chi connectivity index (χ2n) is 4.85. The predicted molar refractivity (Wildman–Crippen MR) is 92.0 cm³/mol. The highest BCUT2D eigenvalue weighted by Gasteiger charge is 2.24. The van der Waals surface area contributed by atoms with Crippen molar-refractivity contribution in [3.63, 3.8) is 0 Å². The molecule has 3 rings (SSSR count). The maximum absolute atomic E-state index is 12.6. The molecule has 0 atom stereocenters. The highest BCUT2D eigenvalue weighted by Crippen LogP contribution is 2.33. The zero-order chi connectivity index (χ0) is 17.5. The van der Waals surface area contributed by atoms with E-state index in [9.17, 15) is 13.2 Å². The molecule has 0 bridgehead atoms. The number of amides is 1. The Kier molecular flexibility index (Phi) is 4.16. The molecule has 0 spiro atoms. The minimum atomic E-state index is -4.03. The molecule has 0 aliphatic carbocycles. The molecule has 0 unspecified atom stereocenters. The van der Waals surface area contributed by atoms with E-state index >= 15 is 0 Å². The monoisotopic (exact) mass is 384 g/mol. The number of carbonyl (C=O) groups excluding carboxylic acids is 1. The number of primary amides is 1. The number of sulfonamides is 1. The maximum Gasteiger partial charge on any atom is 0.286 e. The molecule has 0 saturated carbocycles. The summed E-state index contributed by atoms with van der Waals surface area (Å²) in [5.41, 5.74) is 5.58. The average Bonchev–Trinajstić information content (AvgIpc) is 2.88. The summed E-state index contributed by atoms with van der Waals surface area (Å²) in [6.45, 7) is 0. The topological polar surface area (TPSA) is 102 Å². The van der Waals surface area contributed by atoms with Gasteiger partial charge in [0, 0.05) is 5.39 Å². The molecule has 0 saturated heterocycles. The summed E-state index contributed by atoms with van der Waals surface area (Å²) in [6, 6.07) is 10.4. The molecule has 0 fully saturated rings. The fraction of sp³-hybridized carbons (Fsp3) is 0. The molecular formula is C15H10Cl2N2O4S. The van der Waals surface area contributed by atoms with E-state index in [0.717, 1.165) is 0 Å². The molecule has 3 aromatic rings. The van der Waals surface area contributed by atoms with Gasteiger partial charge in [-0.3, -0.25) is 9.52 Å². The van der Waals surface area contributed by atoms with E-state index in [2.05, 4.69) is 4.72 Å². The van der Waals surface area contributed by atoms with Gasteiger partial charge < -0.3 is 10.2 Å². The molecule has 2 aromatic carbocycles. The van der Waals surface area contributed by atoms with Crippen LogP contribution in [0.3, 0.4) is 0 Å². The normalized spacial score (nSPS) is 11.6. The van der Waals surface area contributed by atoms with E-state index in [-0.39, 0.29) is 26.4 Å². The molecule has 0 aliphatic heterocycles. The summed E-state index contributed by atoms with van der Waals surface area (Å²) in [5.74, 6) is -1.17. The lowest BCUT2D eigenvalue weighted by Gasteiger charge is -2.08. The van der Waals surface area contributed by atoms with Crippen LogP contribution in [0.4, 0.5) is 5.69 Å². The van der Waals surface area contributed by atoms with E-state index in [1.54, 1.807) is 24.3 Å². The van der Waals surface area contributed by atoms with Crippen LogP contribution in [-0.4, -0.2) is 14.3 Å². The number of rotatable bonds is 4. The first-order valence-electron chi connectivity index (χ1n) is 6.59. The van der Waals surface area contributed by atoms with Crippen LogP contribution < -0.4 is 10.5 Å². The van der Waals surface area contributed by atoms with Gasteiger partial charge in [0.1, 0.15) is 11.3 Å². The summed E-state index contributed by atoms with van der Waals surface area (Å²) in [5, 5.41) is 0.726. The van der Waals surface area contributed by atoms with Crippen molar-refractivity contribution in [1.29, 1.82) is 0 Å². The lowest BCUT2D eigenvalue weighted by atomic mass is 10.2. The Bertz CT molecular complexity index is 1060. The number of nitrogens with one attached hydrogen (secondary N) is 1. The summed E-state index contributed by atoms with van der Waals surface area (Å²) in [6.07, 6.45) is 0. The van der Waals surface area contributed by atoms with Crippen molar-refractivity contribution in [3.05, 3.63) is 58.3 Å². The highest BCUT2D eigenvalue weighted by molar-refractivity contribution is 7.92. The minimum Gasteiger partial charge on any atom is -0.449 e. The van der Waals surface area contributed by atoms with E-state index in [1.807, 2.05) is 0 Å². The van der Waals surface area contributed by atoms with Crippen LogP contribution >= 0.6 is 23.2 Å². The lowest BCUT2D eigenvalue weighted by molar-refractivity contribution is 0.0977. The summed E-state index contributed by atoms with van der Waals surface area (Å²) < 4.78 is 32.8. The van der Waals surface area contributed by atoms with Gasteiger partial charge in [-0.15, -0.1) is 0 Å². The average molecular weight is 385 g/mol. The van der Waals surface area contributed by atoms with E-state index < -0.39 is 15.9 Å². The quantitative estimate of drug-likeness (QED) is 0.716. The van der Waals surface area contributed by atoms with Gasteiger partial charge in [0.2, 0.25) is 5.76 Å². The van der Waals surface area contributed by atoms with Crippen LogP contribution in [0.1, 0.15) is 10.6 Å². The number of hydrogen-bond donors (Lipinski definition) is 2. The number of para-hydroxylation sites is 1. The van der Waals surface area contributed by atoms with E-state index in [1.165, 1.54) is 18.2 Å². The Morgan fingerprint density at radius 1 is 1.08 bits per heavy atom. The highest BCUT2D eigenvalue weighted by atomic mass is 35.5. The van der Waals surface area contributed by atoms with Crippen molar-refractivity contribution in [1.82, 2.24) is 0 Å². The third-order valence-corrected chi connectivity index (χ3v) is 5.34. The summed E-state index contributed by atoms with van der Waals surface area (Å²) in [7, 11) is -4.03.